The first kappa shape index (κ1) is 12.3. The van der Waals surface area contributed by atoms with Gasteiger partial charge in [-0.2, -0.15) is 0 Å². The molecule has 1 aliphatic heterocycles. The van der Waals surface area contributed by atoms with Crippen molar-refractivity contribution in [2.45, 2.75) is 31.3 Å². The zero-order chi connectivity index (χ0) is 12.4. The van der Waals surface area contributed by atoms with Crippen LogP contribution in [0.2, 0.25) is 5.02 Å². The van der Waals surface area contributed by atoms with Gasteiger partial charge in [-0.05, 0) is 37.0 Å². The van der Waals surface area contributed by atoms with E-state index in [1.807, 2.05) is 0 Å². The van der Waals surface area contributed by atoms with Crippen LogP contribution >= 0.6 is 11.6 Å². The summed E-state index contributed by atoms with van der Waals surface area (Å²) in [6.07, 6.45) is 2.04. The fourth-order valence-electron chi connectivity index (χ4n) is 2.13. The van der Waals surface area contributed by atoms with Crippen LogP contribution in [0.15, 0.2) is 18.2 Å². The van der Waals surface area contributed by atoms with E-state index in [0.717, 1.165) is 12.0 Å². The average molecular weight is 258 g/mol. The predicted octanol–water partition coefficient (Wildman–Crippen LogP) is 2.23. The maximum absolute atomic E-state index is 13.2. The van der Waals surface area contributed by atoms with Crippen molar-refractivity contribution in [3.63, 3.8) is 0 Å². The summed E-state index contributed by atoms with van der Waals surface area (Å²) in [5.41, 5.74) is 0.829. The SMILES string of the molecule is O=C(O)C1CCC(Cc2ccc(Cl)c(F)c2)N1. The quantitative estimate of drug-likeness (QED) is 0.873. The Morgan fingerprint density at radius 3 is 2.88 bits per heavy atom. The molecule has 92 valence electrons. The highest BCUT2D eigenvalue weighted by molar-refractivity contribution is 6.30. The molecule has 0 aromatic heterocycles. The fraction of sp³-hybridized carbons (Fsp3) is 0.417. The molecule has 1 fully saturated rings. The van der Waals surface area contributed by atoms with E-state index in [2.05, 4.69) is 5.32 Å². The second kappa shape index (κ2) is 5.02. The van der Waals surface area contributed by atoms with E-state index in [1.165, 1.54) is 12.1 Å². The second-order valence-corrected chi connectivity index (χ2v) is 4.69. The highest BCUT2D eigenvalue weighted by Crippen LogP contribution is 2.20. The summed E-state index contributed by atoms with van der Waals surface area (Å²) in [5.74, 6) is -1.26. The van der Waals surface area contributed by atoms with Gasteiger partial charge in [0, 0.05) is 6.04 Å². The lowest BCUT2D eigenvalue weighted by Crippen LogP contribution is -2.36. The van der Waals surface area contributed by atoms with Gasteiger partial charge in [-0.15, -0.1) is 0 Å². The largest absolute Gasteiger partial charge is 0.480 e. The summed E-state index contributed by atoms with van der Waals surface area (Å²) in [5, 5.41) is 12.0. The topological polar surface area (TPSA) is 49.3 Å². The number of carbonyl (C=O) groups is 1. The van der Waals surface area contributed by atoms with Gasteiger partial charge >= 0.3 is 5.97 Å². The third kappa shape index (κ3) is 2.96. The molecule has 0 aliphatic carbocycles. The van der Waals surface area contributed by atoms with Crippen LogP contribution in [-0.4, -0.2) is 23.2 Å². The van der Waals surface area contributed by atoms with Gasteiger partial charge in [0.25, 0.3) is 0 Å². The standard InChI is InChI=1S/C12H13ClFNO2/c13-9-3-1-7(6-10(9)14)5-8-2-4-11(15-8)12(16)17/h1,3,6,8,11,15H,2,4-5H2,(H,16,17). The fourth-order valence-corrected chi connectivity index (χ4v) is 2.24. The number of carboxylic acid groups (broad SMARTS) is 1. The summed E-state index contributed by atoms with van der Waals surface area (Å²) < 4.78 is 13.2. The Morgan fingerprint density at radius 1 is 1.53 bits per heavy atom. The van der Waals surface area contributed by atoms with E-state index in [1.54, 1.807) is 6.07 Å². The molecular weight excluding hydrogens is 245 g/mol. The first-order valence-electron chi connectivity index (χ1n) is 5.49. The Balaban J connectivity index is 1.98. The molecule has 1 saturated heterocycles. The Morgan fingerprint density at radius 2 is 2.29 bits per heavy atom. The van der Waals surface area contributed by atoms with E-state index in [9.17, 15) is 9.18 Å². The van der Waals surface area contributed by atoms with E-state index in [4.69, 9.17) is 16.7 Å². The van der Waals surface area contributed by atoms with Crippen molar-refractivity contribution >= 4 is 17.6 Å². The van der Waals surface area contributed by atoms with Crippen molar-refractivity contribution in [3.8, 4) is 0 Å². The van der Waals surface area contributed by atoms with Gasteiger partial charge in [-0.3, -0.25) is 4.79 Å². The molecule has 17 heavy (non-hydrogen) atoms. The van der Waals surface area contributed by atoms with Crippen molar-refractivity contribution in [3.05, 3.63) is 34.6 Å². The van der Waals surface area contributed by atoms with Crippen LogP contribution in [0.1, 0.15) is 18.4 Å². The molecule has 5 heteroatoms. The first-order valence-corrected chi connectivity index (χ1v) is 5.87. The molecular formula is C12H13ClFNO2. The average Bonchev–Trinajstić information content (AvgIpc) is 2.72. The molecule has 2 atom stereocenters. The van der Waals surface area contributed by atoms with E-state index < -0.39 is 17.8 Å². The molecule has 0 bridgehead atoms. The minimum absolute atomic E-state index is 0.0941. The van der Waals surface area contributed by atoms with Crippen LogP contribution in [0.5, 0.6) is 0 Å². The minimum Gasteiger partial charge on any atom is -0.480 e. The highest BCUT2D eigenvalue weighted by Gasteiger charge is 2.28. The molecule has 1 heterocycles. The molecule has 0 saturated carbocycles. The number of aliphatic carboxylic acids is 1. The zero-order valence-corrected chi connectivity index (χ0v) is 9.88. The van der Waals surface area contributed by atoms with Crippen molar-refractivity contribution in [2.75, 3.05) is 0 Å². The Kier molecular flexibility index (Phi) is 3.64. The number of benzene rings is 1. The summed E-state index contributed by atoms with van der Waals surface area (Å²) in [6.45, 7) is 0. The van der Waals surface area contributed by atoms with Gasteiger partial charge in [0.1, 0.15) is 11.9 Å². The molecule has 1 aromatic carbocycles. The normalized spacial score (nSPS) is 23.9. The van der Waals surface area contributed by atoms with Crippen LogP contribution in [0.3, 0.4) is 0 Å². The van der Waals surface area contributed by atoms with Crippen molar-refractivity contribution < 1.29 is 14.3 Å². The van der Waals surface area contributed by atoms with Crippen LogP contribution < -0.4 is 5.32 Å². The van der Waals surface area contributed by atoms with Gasteiger partial charge in [0.2, 0.25) is 0 Å². The maximum atomic E-state index is 13.2. The number of carboxylic acids is 1. The van der Waals surface area contributed by atoms with Gasteiger partial charge in [0.15, 0.2) is 0 Å². The lowest BCUT2D eigenvalue weighted by Gasteiger charge is -2.12. The number of nitrogens with one attached hydrogen (secondary N) is 1. The Labute approximate surface area is 104 Å². The summed E-state index contributed by atoms with van der Waals surface area (Å²) in [6, 6.07) is 4.31. The van der Waals surface area contributed by atoms with Crippen LogP contribution in [-0.2, 0) is 11.2 Å². The predicted molar refractivity (Wildman–Crippen MR) is 62.7 cm³/mol. The third-order valence-corrected chi connectivity index (χ3v) is 3.31. The molecule has 1 aromatic rings. The first-order chi connectivity index (χ1) is 8.06. The van der Waals surface area contributed by atoms with Crippen LogP contribution in [0, 0.1) is 5.82 Å². The highest BCUT2D eigenvalue weighted by atomic mass is 35.5. The molecule has 2 unspecified atom stereocenters. The monoisotopic (exact) mass is 257 g/mol. The summed E-state index contributed by atoms with van der Waals surface area (Å²) in [4.78, 5) is 10.8. The molecule has 0 spiro atoms. The molecule has 0 amide bonds. The van der Waals surface area contributed by atoms with Gasteiger partial charge in [-0.1, -0.05) is 17.7 Å². The van der Waals surface area contributed by atoms with Crippen molar-refractivity contribution in [1.82, 2.24) is 5.32 Å². The second-order valence-electron chi connectivity index (χ2n) is 4.28. The molecule has 0 radical (unpaired) electrons. The molecule has 1 aliphatic rings. The van der Waals surface area contributed by atoms with Gasteiger partial charge in [0.05, 0.1) is 5.02 Å². The molecule has 3 nitrogen and oxygen atoms in total. The molecule has 2 rings (SSSR count). The third-order valence-electron chi connectivity index (χ3n) is 3.00. The Bertz CT molecular complexity index is 439. The van der Waals surface area contributed by atoms with E-state index in [-0.39, 0.29) is 11.1 Å². The lowest BCUT2D eigenvalue weighted by atomic mass is 10.0. The van der Waals surface area contributed by atoms with E-state index >= 15 is 0 Å². The Hall–Kier alpha value is -1.13. The van der Waals surface area contributed by atoms with Gasteiger partial charge in [-0.25, -0.2) is 4.39 Å². The molecule has 2 N–H and O–H groups in total. The lowest BCUT2D eigenvalue weighted by molar-refractivity contribution is -0.139. The number of rotatable bonds is 3. The number of halogens is 2. The minimum atomic E-state index is -0.824. The van der Waals surface area contributed by atoms with Crippen molar-refractivity contribution in [1.29, 1.82) is 0 Å². The van der Waals surface area contributed by atoms with E-state index in [0.29, 0.717) is 12.8 Å². The zero-order valence-electron chi connectivity index (χ0n) is 9.12. The number of hydrogen-bond acceptors (Lipinski definition) is 2. The van der Waals surface area contributed by atoms with Crippen LogP contribution in [0.4, 0.5) is 4.39 Å². The smallest absolute Gasteiger partial charge is 0.320 e. The van der Waals surface area contributed by atoms with Gasteiger partial charge < -0.3 is 10.4 Å². The van der Waals surface area contributed by atoms with Crippen molar-refractivity contribution in [2.24, 2.45) is 0 Å². The summed E-state index contributed by atoms with van der Waals surface area (Å²) >= 11 is 5.59. The van der Waals surface area contributed by atoms with Crippen LogP contribution in [0.25, 0.3) is 0 Å². The number of hydrogen-bond donors (Lipinski definition) is 2. The summed E-state index contributed by atoms with van der Waals surface area (Å²) in [7, 11) is 0. The maximum Gasteiger partial charge on any atom is 0.320 e.